The SMILES string of the molecule is Cn1nccc1NCC1(C)CCCCN1. The molecule has 1 aliphatic rings. The van der Waals surface area contributed by atoms with Crippen molar-refractivity contribution in [3.63, 3.8) is 0 Å². The lowest BCUT2D eigenvalue weighted by Crippen LogP contribution is -2.50. The Morgan fingerprint density at radius 3 is 3.07 bits per heavy atom. The van der Waals surface area contributed by atoms with E-state index in [9.17, 15) is 0 Å². The van der Waals surface area contributed by atoms with Crippen molar-refractivity contribution in [1.82, 2.24) is 15.1 Å². The normalized spacial score (nSPS) is 26.5. The van der Waals surface area contributed by atoms with Gasteiger partial charge >= 0.3 is 0 Å². The summed E-state index contributed by atoms with van der Waals surface area (Å²) in [5.41, 5.74) is 0.239. The molecule has 0 saturated carbocycles. The van der Waals surface area contributed by atoms with Crippen molar-refractivity contribution < 1.29 is 0 Å². The van der Waals surface area contributed by atoms with E-state index < -0.39 is 0 Å². The third-order valence-electron chi connectivity index (χ3n) is 3.19. The van der Waals surface area contributed by atoms with Crippen LogP contribution < -0.4 is 10.6 Å². The zero-order valence-electron chi connectivity index (χ0n) is 9.58. The maximum Gasteiger partial charge on any atom is 0.123 e. The molecule has 1 unspecified atom stereocenters. The van der Waals surface area contributed by atoms with Crippen LogP contribution in [0.1, 0.15) is 26.2 Å². The Labute approximate surface area is 91.1 Å². The number of aromatic nitrogens is 2. The van der Waals surface area contributed by atoms with E-state index in [1.807, 2.05) is 24.0 Å². The van der Waals surface area contributed by atoms with Gasteiger partial charge in [0.2, 0.25) is 0 Å². The molecule has 2 rings (SSSR count). The lowest BCUT2D eigenvalue weighted by atomic mass is 9.91. The van der Waals surface area contributed by atoms with Gasteiger partial charge in [-0.25, -0.2) is 0 Å². The number of rotatable bonds is 3. The third kappa shape index (κ3) is 2.50. The van der Waals surface area contributed by atoms with E-state index in [0.29, 0.717) is 0 Å². The number of nitrogens with zero attached hydrogens (tertiary/aromatic N) is 2. The topological polar surface area (TPSA) is 41.9 Å². The van der Waals surface area contributed by atoms with Gasteiger partial charge in [0.25, 0.3) is 0 Å². The molecule has 1 saturated heterocycles. The maximum atomic E-state index is 4.14. The summed E-state index contributed by atoms with van der Waals surface area (Å²) in [6.45, 7) is 4.39. The molecule has 0 aromatic carbocycles. The first-order valence-corrected chi connectivity index (χ1v) is 5.67. The number of anilines is 1. The molecule has 1 atom stereocenters. The Kier molecular flexibility index (Phi) is 2.95. The number of aryl methyl sites for hydroxylation is 1. The minimum absolute atomic E-state index is 0.239. The van der Waals surface area contributed by atoms with Gasteiger partial charge < -0.3 is 10.6 Å². The Hall–Kier alpha value is -1.03. The Morgan fingerprint density at radius 2 is 2.47 bits per heavy atom. The van der Waals surface area contributed by atoms with E-state index in [0.717, 1.165) is 18.9 Å². The number of hydrogen-bond acceptors (Lipinski definition) is 3. The fourth-order valence-electron chi connectivity index (χ4n) is 2.10. The molecule has 1 aromatic heterocycles. The predicted molar refractivity (Wildman–Crippen MR) is 62.0 cm³/mol. The summed E-state index contributed by atoms with van der Waals surface area (Å²) in [7, 11) is 1.96. The molecule has 0 amide bonds. The quantitative estimate of drug-likeness (QED) is 0.788. The van der Waals surface area contributed by atoms with Gasteiger partial charge in [-0.1, -0.05) is 6.42 Å². The van der Waals surface area contributed by atoms with Crippen LogP contribution in [-0.4, -0.2) is 28.4 Å². The van der Waals surface area contributed by atoms with E-state index >= 15 is 0 Å². The zero-order valence-corrected chi connectivity index (χ0v) is 9.58. The van der Waals surface area contributed by atoms with Crippen molar-refractivity contribution >= 4 is 5.82 Å². The number of nitrogens with one attached hydrogen (secondary N) is 2. The summed E-state index contributed by atoms with van der Waals surface area (Å²) in [6.07, 6.45) is 5.70. The van der Waals surface area contributed by atoms with Crippen LogP contribution in [0.25, 0.3) is 0 Å². The van der Waals surface area contributed by atoms with E-state index in [1.54, 1.807) is 0 Å². The summed E-state index contributed by atoms with van der Waals surface area (Å²) in [5, 5.41) is 11.2. The molecule has 0 aliphatic carbocycles. The molecule has 4 heteroatoms. The standard InChI is InChI=1S/C11H20N4/c1-11(6-3-4-7-13-11)9-12-10-5-8-14-15(10)2/h5,8,12-13H,3-4,6-7,9H2,1-2H3. The first-order chi connectivity index (χ1) is 7.20. The van der Waals surface area contributed by atoms with Crippen LogP contribution in [0, 0.1) is 0 Å². The number of piperidine rings is 1. The van der Waals surface area contributed by atoms with Crippen molar-refractivity contribution in [2.24, 2.45) is 7.05 Å². The van der Waals surface area contributed by atoms with Crippen molar-refractivity contribution in [2.75, 3.05) is 18.4 Å². The molecule has 2 heterocycles. The molecular weight excluding hydrogens is 188 g/mol. The minimum Gasteiger partial charge on any atom is -0.368 e. The summed E-state index contributed by atoms with van der Waals surface area (Å²) < 4.78 is 1.87. The lowest BCUT2D eigenvalue weighted by molar-refractivity contribution is 0.293. The van der Waals surface area contributed by atoms with Crippen molar-refractivity contribution in [3.8, 4) is 0 Å². The molecule has 84 valence electrons. The summed E-state index contributed by atoms with van der Waals surface area (Å²) in [6, 6.07) is 2.01. The average Bonchev–Trinajstić information content (AvgIpc) is 2.62. The van der Waals surface area contributed by atoms with Gasteiger partial charge in [-0.15, -0.1) is 0 Å². The molecular formula is C11H20N4. The van der Waals surface area contributed by atoms with Gasteiger partial charge in [-0.05, 0) is 26.3 Å². The minimum atomic E-state index is 0.239. The molecule has 15 heavy (non-hydrogen) atoms. The molecule has 2 N–H and O–H groups in total. The Balaban J connectivity index is 1.89. The second-order valence-corrected chi connectivity index (χ2v) is 4.64. The molecule has 4 nitrogen and oxygen atoms in total. The molecule has 1 fully saturated rings. The van der Waals surface area contributed by atoms with Crippen LogP contribution in [0.3, 0.4) is 0 Å². The number of hydrogen-bond donors (Lipinski definition) is 2. The first-order valence-electron chi connectivity index (χ1n) is 5.67. The Bertz CT molecular complexity index is 312. The van der Waals surface area contributed by atoms with Gasteiger partial charge in [0, 0.05) is 25.2 Å². The average molecular weight is 208 g/mol. The summed E-state index contributed by atoms with van der Waals surface area (Å²) >= 11 is 0. The van der Waals surface area contributed by atoms with Crippen LogP contribution in [0.5, 0.6) is 0 Å². The highest BCUT2D eigenvalue weighted by atomic mass is 15.3. The van der Waals surface area contributed by atoms with E-state index in [1.165, 1.54) is 19.3 Å². The van der Waals surface area contributed by atoms with Gasteiger partial charge in [-0.2, -0.15) is 5.10 Å². The fraction of sp³-hybridized carbons (Fsp3) is 0.727. The molecule has 0 spiro atoms. The zero-order chi connectivity index (χ0) is 10.7. The van der Waals surface area contributed by atoms with E-state index in [2.05, 4.69) is 22.7 Å². The highest BCUT2D eigenvalue weighted by molar-refractivity contribution is 5.34. The van der Waals surface area contributed by atoms with Gasteiger partial charge in [0.15, 0.2) is 0 Å². The Morgan fingerprint density at radius 1 is 1.60 bits per heavy atom. The largest absolute Gasteiger partial charge is 0.368 e. The highest BCUT2D eigenvalue weighted by Gasteiger charge is 2.25. The van der Waals surface area contributed by atoms with Gasteiger partial charge in [0.05, 0.1) is 6.20 Å². The van der Waals surface area contributed by atoms with Crippen LogP contribution in [0.4, 0.5) is 5.82 Å². The molecule has 0 radical (unpaired) electrons. The fourth-order valence-corrected chi connectivity index (χ4v) is 2.10. The summed E-state index contributed by atoms with van der Waals surface area (Å²) in [5.74, 6) is 1.09. The molecule has 1 aromatic rings. The maximum absolute atomic E-state index is 4.14. The van der Waals surface area contributed by atoms with Crippen LogP contribution >= 0.6 is 0 Å². The second kappa shape index (κ2) is 4.23. The first kappa shape index (κ1) is 10.5. The van der Waals surface area contributed by atoms with Crippen molar-refractivity contribution in [3.05, 3.63) is 12.3 Å². The van der Waals surface area contributed by atoms with Crippen molar-refractivity contribution in [1.29, 1.82) is 0 Å². The van der Waals surface area contributed by atoms with E-state index in [-0.39, 0.29) is 5.54 Å². The van der Waals surface area contributed by atoms with Crippen LogP contribution in [0.15, 0.2) is 12.3 Å². The van der Waals surface area contributed by atoms with Gasteiger partial charge in [-0.3, -0.25) is 4.68 Å². The van der Waals surface area contributed by atoms with Crippen LogP contribution in [0.2, 0.25) is 0 Å². The summed E-state index contributed by atoms with van der Waals surface area (Å²) in [4.78, 5) is 0. The van der Waals surface area contributed by atoms with Crippen molar-refractivity contribution in [2.45, 2.75) is 31.7 Å². The molecule has 1 aliphatic heterocycles. The highest BCUT2D eigenvalue weighted by Crippen LogP contribution is 2.19. The monoisotopic (exact) mass is 208 g/mol. The van der Waals surface area contributed by atoms with Gasteiger partial charge in [0.1, 0.15) is 5.82 Å². The lowest BCUT2D eigenvalue weighted by Gasteiger charge is -2.35. The second-order valence-electron chi connectivity index (χ2n) is 4.64. The van der Waals surface area contributed by atoms with E-state index in [4.69, 9.17) is 0 Å². The molecule has 0 bridgehead atoms. The third-order valence-corrected chi connectivity index (χ3v) is 3.19. The van der Waals surface area contributed by atoms with Crippen LogP contribution in [-0.2, 0) is 7.05 Å². The predicted octanol–water partition coefficient (Wildman–Crippen LogP) is 1.36. The smallest absolute Gasteiger partial charge is 0.123 e.